The predicted octanol–water partition coefficient (Wildman–Crippen LogP) is 1.34. The van der Waals surface area contributed by atoms with Crippen molar-refractivity contribution in [2.45, 2.75) is 46.6 Å². The molecule has 1 saturated heterocycles. The van der Waals surface area contributed by atoms with E-state index in [9.17, 15) is 9.59 Å². The Morgan fingerprint density at radius 1 is 1.19 bits per heavy atom. The molecular formula is C16H31N3O2. The summed E-state index contributed by atoms with van der Waals surface area (Å²) in [6.45, 7) is 11.3. The van der Waals surface area contributed by atoms with Gasteiger partial charge in [0.2, 0.25) is 11.8 Å². The van der Waals surface area contributed by atoms with Crippen molar-refractivity contribution in [3.05, 3.63) is 0 Å². The normalized spacial score (nSPS) is 19.3. The molecule has 0 saturated carbocycles. The largest absolute Gasteiger partial charge is 0.358 e. The zero-order chi connectivity index (χ0) is 16.0. The van der Waals surface area contributed by atoms with Crippen LogP contribution in [0.3, 0.4) is 0 Å². The molecule has 1 aliphatic heterocycles. The summed E-state index contributed by atoms with van der Waals surface area (Å²) in [5.41, 5.74) is 0. The van der Waals surface area contributed by atoms with Gasteiger partial charge in [-0.05, 0) is 31.2 Å². The third-order valence-electron chi connectivity index (χ3n) is 3.77. The fourth-order valence-corrected chi connectivity index (χ4v) is 2.91. The van der Waals surface area contributed by atoms with Crippen molar-refractivity contribution in [1.82, 2.24) is 15.1 Å². The summed E-state index contributed by atoms with van der Waals surface area (Å²) in [5.74, 6) is 1.09. The molecule has 21 heavy (non-hydrogen) atoms. The molecule has 1 atom stereocenters. The lowest BCUT2D eigenvalue weighted by Gasteiger charge is -2.30. The van der Waals surface area contributed by atoms with E-state index in [-0.39, 0.29) is 17.9 Å². The maximum absolute atomic E-state index is 12.6. The fraction of sp³-hybridized carbons (Fsp3) is 0.875. The van der Waals surface area contributed by atoms with Crippen molar-refractivity contribution in [2.24, 2.45) is 11.8 Å². The predicted molar refractivity (Wildman–Crippen MR) is 84.9 cm³/mol. The van der Waals surface area contributed by atoms with Gasteiger partial charge in [-0.2, -0.15) is 0 Å². The van der Waals surface area contributed by atoms with Gasteiger partial charge in [0.15, 0.2) is 0 Å². The van der Waals surface area contributed by atoms with Crippen LogP contribution in [0.4, 0.5) is 0 Å². The molecule has 1 rings (SSSR count). The molecule has 1 N–H and O–H groups in total. The van der Waals surface area contributed by atoms with Gasteiger partial charge in [0, 0.05) is 20.1 Å². The van der Waals surface area contributed by atoms with Crippen molar-refractivity contribution in [2.75, 3.05) is 33.2 Å². The second kappa shape index (κ2) is 8.37. The summed E-state index contributed by atoms with van der Waals surface area (Å²) in [4.78, 5) is 28.4. The zero-order valence-electron chi connectivity index (χ0n) is 14.2. The number of amides is 2. The van der Waals surface area contributed by atoms with Gasteiger partial charge < -0.3 is 10.2 Å². The number of likely N-dealkylation sites (tertiary alicyclic amines) is 1. The highest BCUT2D eigenvalue weighted by atomic mass is 16.2. The van der Waals surface area contributed by atoms with Gasteiger partial charge in [-0.15, -0.1) is 0 Å². The number of carbonyl (C=O) groups excluding carboxylic acids is 2. The Bertz CT molecular complexity index is 345. The monoisotopic (exact) mass is 297 g/mol. The minimum absolute atomic E-state index is 0.0274. The molecule has 1 heterocycles. The van der Waals surface area contributed by atoms with Gasteiger partial charge in [-0.25, -0.2) is 0 Å². The quantitative estimate of drug-likeness (QED) is 0.771. The lowest BCUT2D eigenvalue weighted by Crippen LogP contribution is -2.48. The van der Waals surface area contributed by atoms with Crippen LogP contribution in [0.25, 0.3) is 0 Å². The topological polar surface area (TPSA) is 52.7 Å². The Morgan fingerprint density at radius 2 is 1.76 bits per heavy atom. The first-order valence-corrected chi connectivity index (χ1v) is 8.08. The molecule has 0 aromatic carbocycles. The first-order chi connectivity index (χ1) is 9.85. The number of rotatable bonds is 7. The van der Waals surface area contributed by atoms with Crippen molar-refractivity contribution in [1.29, 1.82) is 0 Å². The maximum atomic E-state index is 12.6. The molecule has 0 aromatic rings. The molecule has 122 valence electrons. The minimum Gasteiger partial charge on any atom is -0.358 e. The average Bonchev–Trinajstić information content (AvgIpc) is 2.84. The van der Waals surface area contributed by atoms with Gasteiger partial charge in [0.25, 0.3) is 0 Å². The van der Waals surface area contributed by atoms with E-state index in [2.05, 4.69) is 33.0 Å². The Labute approximate surface area is 129 Å². The highest BCUT2D eigenvalue weighted by Gasteiger charge is 2.32. The van der Waals surface area contributed by atoms with E-state index in [1.165, 1.54) is 0 Å². The van der Waals surface area contributed by atoms with E-state index < -0.39 is 0 Å². The minimum atomic E-state index is -0.140. The average molecular weight is 297 g/mol. The number of likely N-dealkylation sites (N-methyl/N-ethyl adjacent to an activating group) is 1. The molecule has 5 heteroatoms. The summed E-state index contributed by atoms with van der Waals surface area (Å²) in [6, 6.07) is -0.140. The van der Waals surface area contributed by atoms with E-state index in [4.69, 9.17) is 0 Å². The van der Waals surface area contributed by atoms with Crippen molar-refractivity contribution < 1.29 is 9.59 Å². The van der Waals surface area contributed by atoms with Crippen LogP contribution in [0.15, 0.2) is 0 Å². The summed E-state index contributed by atoms with van der Waals surface area (Å²) in [6.07, 6.45) is 1.83. The summed E-state index contributed by atoms with van der Waals surface area (Å²) < 4.78 is 0. The fourth-order valence-electron chi connectivity index (χ4n) is 2.91. The van der Waals surface area contributed by atoms with Crippen molar-refractivity contribution in [3.8, 4) is 0 Å². The van der Waals surface area contributed by atoms with Gasteiger partial charge in [0.1, 0.15) is 0 Å². The molecule has 0 aromatic heterocycles. The second-order valence-corrected chi connectivity index (χ2v) is 6.83. The van der Waals surface area contributed by atoms with E-state index in [1.54, 1.807) is 7.05 Å². The van der Waals surface area contributed by atoms with Crippen LogP contribution in [0.1, 0.15) is 40.5 Å². The van der Waals surface area contributed by atoms with Crippen LogP contribution < -0.4 is 5.32 Å². The molecule has 5 nitrogen and oxygen atoms in total. The van der Waals surface area contributed by atoms with Gasteiger partial charge in [0.05, 0.1) is 12.6 Å². The molecule has 0 spiro atoms. The first kappa shape index (κ1) is 18.0. The van der Waals surface area contributed by atoms with Crippen LogP contribution in [0.2, 0.25) is 0 Å². The zero-order valence-corrected chi connectivity index (χ0v) is 14.2. The molecule has 0 radical (unpaired) electrons. The van der Waals surface area contributed by atoms with Crippen molar-refractivity contribution >= 4 is 11.8 Å². The van der Waals surface area contributed by atoms with Gasteiger partial charge in [-0.3, -0.25) is 14.5 Å². The van der Waals surface area contributed by atoms with Gasteiger partial charge >= 0.3 is 0 Å². The maximum Gasteiger partial charge on any atom is 0.237 e. The number of nitrogens with zero attached hydrogens (tertiary/aromatic N) is 2. The number of hydrogen-bond donors (Lipinski definition) is 1. The Kier molecular flexibility index (Phi) is 7.15. The highest BCUT2D eigenvalue weighted by molar-refractivity contribution is 5.83. The SMILES string of the molecule is CNC(=O)C1CCCN1CC(=O)N(CC(C)C)CC(C)C. The van der Waals surface area contributed by atoms with E-state index in [0.29, 0.717) is 18.4 Å². The van der Waals surface area contributed by atoms with Gasteiger partial charge in [-0.1, -0.05) is 27.7 Å². The summed E-state index contributed by atoms with van der Waals surface area (Å²) >= 11 is 0. The molecule has 2 amide bonds. The number of carbonyl (C=O) groups is 2. The standard InChI is InChI=1S/C16H31N3O2/c1-12(2)9-19(10-13(3)4)15(20)11-18-8-6-7-14(18)16(21)17-5/h12-14H,6-11H2,1-5H3,(H,17,21). The summed E-state index contributed by atoms with van der Waals surface area (Å²) in [7, 11) is 1.66. The lowest BCUT2D eigenvalue weighted by atomic mass is 10.1. The van der Waals surface area contributed by atoms with E-state index in [1.807, 2.05) is 9.80 Å². The molecule has 0 bridgehead atoms. The van der Waals surface area contributed by atoms with Crippen LogP contribution in [0.5, 0.6) is 0 Å². The Balaban J connectivity index is 2.64. The molecule has 1 aliphatic rings. The molecular weight excluding hydrogens is 266 g/mol. The number of hydrogen-bond acceptors (Lipinski definition) is 3. The highest BCUT2D eigenvalue weighted by Crippen LogP contribution is 2.17. The van der Waals surface area contributed by atoms with Crippen molar-refractivity contribution in [3.63, 3.8) is 0 Å². The Morgan fingerprint density at radius 3 is 2.24 bits per heavy atom. The van der Waals surface area contributed by atoms with E-state index in [0.717, 1.165) is 32.5 Å². The van der Waals surface area contributed by atoms with Crippen LogP contribution >= 0.6 is 0 Å². The Hall–Kier alpha value is -1.10. The molecule has 1 fully saturated rings. The third-order valence-corrected chi connectivity index (χ3v) is 3.77. The second-order valence-electron chi connectivity index (χ2n) is 6.83. The first-order valence-electron chi connectivity index (χ1n) is 8.08. The summed E-state index contributed by atoms with van der Waals surface area (Å²) in [5, 5.41) is 2.70. The van der Waals surface area contributed by atoms with E-state index >= 15 is 0 Å². The third kappa shape index (κ3) is 5.65. The van der Waals surface area contributed by atoms with Crippen LogP contribution in [-0.2, 0) is 9.59 Å². The molecule has 0 aliphatic carbocycles. The lowest BCUT2D eigenvalue weighted by molar-refractivity contribution is -0.135. The number of nitrogens with one attached hydrogen (secondary N) is 1. The molecule has 1 unspecified atom stereocenters. The van der Waals surface area contributed by atoms with Crippen LogP contribution in [0, 0.1) is 11.8 Å². The van der Waals surface area contributed by atoms with Crippen LogP contribution in [-0.4, -0.2) is 60.9 Å². The smallest absolute Gasteiger partial charge is 0.237 e.